The number of halogens is 4. The van der Waals surface area contributed by atoms with Crippen LogP contribution in [0.5, 0.6) is 0 Å². The number of nitrogens with zero attached hydrogens (tertiary/aromatic N) is 1. The standard InChI is InChI=1S/C14H18F4N2O/c1-3-10(4-2)20(8-14(16,17)18)13(21)11-6-5-9(15)7-12(11)19/h5-7,10H,3-4,8,19H2,1-2H3. The maximum atomic E-state index is 13.0. The van der Waals surface area contributed by atoms with Crippen LogP contribution in [0.25, 0.3) is 0 Å². The van der Waals surface area contributed by atoms with E-state index in [9.17, 15) is 22.4 Å². The number of nitrogen functional groups attached to an aromatic ring is 1. The van der Waals surface area contributed by atoms with Crippen molar-refractivity contribution >= 4 is 11.6 Å². The van der Waals surface area contributed by atoms with Crippen LogP contribution in [-0.4, -0.2) is 29.6 Å². The first-order valence-electron chi connectivity index (χ1n) is 6.62. The van der Waals surface area contributed by atoms with Crippen LogP contribution >= 0.6 is 0 Å². The molecule has 0 radical (unpaired) electrons. The molecule has 2 N–H and O–H groups in total. The van der Waals surface area contributed by atoms with Crippen molar-refractivity contribution in [2.45, 2.75) is 38.9 Å². The van der Waals surface area contributed by atoms with E-state index in [1.165, 1.54) is 0 Å². The molecule has 0 spiro atoms. The average Bonchev–Trinajstić information content (AvgIpc) is 2.37. The van der Waals surface area contributed by atoms with Crippen molar-refractivity contribution in [2.75, 3.05) is 12.3 Å². The zero-order valence-electron chi connectivity index (χ0n) is 11.9. The van der Waals surface area contributed by atoms with Gasteiger partial charge in [0.05, 0.1) is 5.56 Å². The van der Waals surface area contributed by atoms with Crippen LogP contribution < -0.4 is 5.73 Å². The van der Waals surface area contributed by atoms with Crippen LogP contribution in [0, 0.1) is 5.82 Å². The van der Waals surface area contributed by atoms with Crippen molar-refractivity contribution in [2.24, 2.45) is 0 Å². The summed E-state index contributed by atoms with van der Waals surface area (Å²) in [5.41, 5.74) is 5.25. The molecule has 3 nitrogen and oxygen atoms in total. The molecular weight excluding hydrogens is 288 g/mol. The van der Waals surface area contributed by atoms with Crippen LogP contribution in [0.2, 0.25) is 0 Å². The van der Waals surface area contributed by atoms with Gasteiger partial charge in [-0.3, -0.25) is 4.79 Å². The van der Waals surface area contributed by atoms with Gasteiger partial charge in [0.1, 0.15) is 12.4 Å². The molecule has 0 unspecified atom stereocenters. The minimum Gasteiger partial charge on any atom is -0.398 e. The first-order chi connectivity index (χ1) is 9.69. The van der Waals surface area contributed by atoms with Crippen LogP contribution in [-0.2, 0) is 0 Å². The van der Waals surface area contributed by atoms with Crippen molar-refractivity contribution in [3.63, 3.8) is 0 Å². The van der Waals surface area contributed by atoms with E-state index in [-0.39, 0.29) is 11.3 Å². The highest BCUT2D eigenvalue weighted by Crippen LogP contribution is 2.24. The van der Waals surface area contributed by atoms with E-state index in [0.29, 0.717) is 12.8 Å². The van der Waals surface area contributed by atoms with E-state index in [2.05, 4.69) is 0 Å². The van der Waals surface area contributed by atoms with Crippen LogP contribution in [0.4, 0.5) is 23.2 Å². The number of hydrogen-bond acceptors (Lipinski definition) is 2. The number of carbonyl (C=O) groups is 1. The lowest BCUT2D eigenvalue weighted by atomic mass is 10.1. The van der Waals surface area contributed by atoms with Gasteiger partial charge >= 0.3 is 6.18 Å². The maximum Gasteiger partial charge on any atom is 0.406 e. The van der Waals surface area contributed by atoms with Gasteiger partial charge in [-0.1, -0.05) is 13.8 Å². The van der Waals surface area contributed by atoms with Gasteiger partial charge in [0, 0.05) is 11.7 Å². The number of rotatable bonds is 5. The molecule has 0 aliphatic heterocycles. The molecule has 1 aromatic carbocycles. The smallest absolute Gasteiger partial charge is 0.398 e. The van der Waals surface area contributed by atoms with E-state index in [0.717, 1.165) is 23.1 Å². The van der Waals surface area contributed by atoms with E-state index in [4.69, 9.17) is 5.73 Å². The van der Waals surface area contributed by atoms with E-state index in [1.54, 1.807) is 13.8 Å². The van der Waals surface area contributed by atoms with Gasteiger partial charge in [0.15, 0.2) is 0 Å². The molecule has 0 aromatic heterocycles. The molecule has 118 valence electrons. The molecule has 21 heavy (non-hydrogen) atoms. The Balaban J connectivity index is 3.15. The fourth-order valence-electron chi connectivity index (χ4n) is 2.17. The summed E-state index contributed by atoms with van der Waals surface area (Å²) < 4.78 is 51.1. The highest BCUT2D eigenvalue weighted by Gasteiger charge is 2.36. The van der Waals surface area contributed by atoms with Gasteiger partial charge in [-0.05, 0) is 31.0 Å². The molecule has 1 amide bonds. The van der Waals surface area contributed by atoms with Crippen molar-refractivity contribution in [3.8, 4) is 0 Å². The number of anilines is 1. The normalized spacial score (nSPS) is 11.8. The van der Waals surface area contributed by atoms with Gasteiger partial charge in [0.25, 0.3) is 5.91 Å². The Bertz CT molecular complexity index is 498. The molecule has 0 bridgehead atoms. The Morgan fingerprint density at radius 3 is 2.29 bits per heavy atom. The summed E-state index contributed by atoms with van der Waals surface area (Å²) in [6.45, 7) is 2.06. The molecule has 0 saturated heterocycles. The fraction of sp³-hybridized carbons (Fsp3) is 0.500. The summed E-state index contributed by atoms with van der Waals surface area (Å²) in [5, 5.41) is 0. The zero-order valence-corrected chi connectivity index (χ0v) is 11.9. The largest absolute Gasteiger partial charge is 0.406 e. The second kappa shape index (κ2) is 6.78. The first kappa shape index (κ1) is 17.3. The van der Waals surface area contributed by atoms with Gasteiger partial charge in [-0.25, -0.2) is 4.39 Å². The van der Waals surface area contributed by atoms with E-state index < -0.39 is 30.5 Å². The molecule has 1 rings (SSSR count). The summed E-state index contributed by atoms with van der Waals surface area (Å²) in [6.07, 6.45) is -3.73. The molecule has 7 heteroatoms. The predicted octanol–water partition coefficient (Wildman–Crippen LogP) is 3.60. The lowest BCUT2D eigenvalue weighted by Gasteiger charge is -2.31. The monoisotopic (exact) mass is 306 g/mol. The molecule has 0 heterocycles. The molecule has 0 atom stereocenters. The first-order valence-corrected chi connectivity index (χ1v) is 6.62. The Morgan fingerprint density at radius 2 is 1.86 bits per heavy atom. The third-order valence-electron chi connectivity index (χ3n) is 3.24. The number of alkyl halides is 3. The molecular formula is C14H18F4N2O. The van der Waals surface area contributed by atoms with Gasteiger partial charge in [-0.15, -0.1) is 0 Å². The second-order valence-electron chi connectivity index (χ2n) is 4.75. The summed E-state index contributed by atoms with van der Waals surface area (Å²) in [6, 6.07) is 2.48. The Morgan fingerprint density at radius 1 is 1.29 bits per heavy atom. The zero-order chi connectivity index (χ0) is 16.2. The van der Waals surface area contributed by atoms with E-state index in [1.807, 2.05) is 0 Å². The number of benzene rings is 1. The molecule has 0 fully saturated rings. The fourth-order valence-corrected chi connectivity index (χ4v) is 2.17. The molecule has 0 aliphatic rings. The van der Waals surface area contributed by atoms with Crippen molar-refractivity contribution in [1.29, 1.82) is 0 Å². The summed E-state index contributed by atoms with van der Waals surface area (Å²) in [4.78, 5) is 13.1. The highest BCUT2D eigenvalue weighted by molar-refractivity contribution is 5.99. The Labute approximate surface area is 120 Å². The minimum atomic E-state index is -4.51. The van der Waals surface area contributed by atoms with Gasteiger partial charge in [-0.2, -0.15) is 13.2 Å². The Hall–Kier alpha value is -1.79. The maximum absolute atomic E-state index is 13.0. The summed E-state index contributed by atoms with van der Waals surface area (Å²) in [5.74, 6) is -1.48. The van der Waals surface area contributed by atoms with Crippen molar-refractivity contribution in [3.05, 3.63) is 29.6 Å². The van der Waals surface area contributed by atoms with Gasteiger partial charge < -0.3 is 10.6 Å². The highest BCUT2D eigenvalue weighted by atomic mass is 19.4. The second-order valence-corrected chi connectivity index (χ2v) is 4.75. The quantitative estimate of drug-likeness (QED) is 0.667. The van der Waals surface area contributed by atoms with E-state index >= 15 is 0 Å². The molecule has 0 aliphatic carbocycles. The van der Waals surface area contributed by atoms with Gasteiger partial charge in [0.2, 0.25) is 0 Å². The van der Waals surface area contributed by atoms with Crippen LogP contribution in [0.15, 0.2) is 18.2 Å². The SMILES string of the molecule is CCC(CC)N(CC(F)(F)F)C(=O)c1ccc(F)cc1N. The summed E-state index contributed by atoms with van der Waals surface area (Å²) in [7, 11) is 0. The van der Waals surface area contributed by atoms with Crippen LogP contribution in [0.1, 0.15) is 37.0 Å². The summed E-state index contributed by atoms with van der Waals surface area (Å²) >= 11 is 0. The molecule has 0 saturated carbocycles. The number of nitrogens with two attached hydrogens (primary N) is 1. The van der Waals surface area contributed by atoms with Crippen molar-refractivity contribution < 1.29 is 22.4 Å². The lowest BCUT2D eigenvalue weighted by molar-refractivity contribution is -0.144. The third-order valence-corrected chi connectivity index (χ3v) is 3.24. The lowest BCUT2D eigenvalue weighted by Crippen LogP contribution is -2.45. The minimum absolute atomic E-state index is 0.118. The number of hydrogen-bond donors (Lipinski definition) is 1. The van der Waals surface area contributed by atoms with Crippen LogP contribution in [0.3, 0.4) is 0 Å². The third kappa shape index (κ3) is 4.61. The topological polar surface area (TPSA) is 46.3 Å². The number of amides is 1. The van der Waals surface area contributed by atoms with Crippen molar-refractivity contribution in [1.82, 2.24) is 4.90 Å². The number of carbonyl (C=O) groups excluding carboxylic acids is 1. The average molecular weight is 306 g/mol. The molecule has 1 aromatic rings. The Kier molecular flexibility index (Phi) is 5.57. The predicted molar refractivity (Wildman–Crippen MR) is 72.3 cm³/mol.